The monoisotopic (exact) mass is 473 g/mol. The summed E-state index contributed by atoms with van der Waals surface area (Å²) in [5.74, 6) is -0.146. The topological polar surface area (TPSA) is 74.2 Å². The van der Waals surface area contributed by atoms with Crippen molar-refractivity contribution in [3.8, 4) is 11.4 Å². The number of piperazine rings is 1. The zero-order chi connectivity index (χ0) is 22.8. The van der Waals surface area contributed by atoms with Crippen molar-refractivity contribution in [2.45, 2.75) is 13.5 Å². The summed E-state index contributed by atoms with van der Waals surface area (Å²) in [4.78, 5) is 28.0. The Labute approximate surface area is 194 Å². The van der Waals surface area contributed by atoms with E-state index in [2.05, 4.69) is 10.2 Å². The molecule has 2 heterocycles. The van der Waals surface area contributed by atoms with E-state index in [0.29, 0.717) is 53.0 Å². The van der Waals surface area contributed by atoms with Crippen LogP contribution in [0.5, 0.6) is 0 Å². The lowest BCUT2D eigenvalue weighted by atomic mass is 10.1. The van der Waals surface area contributed by atoms with Crippen molar-refractivity contribution >= 4 is 41.2 Å². The molecule has 0 saturated carbocycles. The van der Waals surface area contributed by atoms with Gasteiger partial charge in [-0.2, -0.15) is 5.10 Å². The Kier molecular flexibility index (Phi) is 6.38. The predicted octanol–water partition coefficient (Wildman–Crippen LogP) is 3.95. The SMILES string of the molecule is CC(=O)c1ccc(N2CCN(C(=O)Cn3c(-c4ccc(Cl)cc4)n[nH]c3=S)CC2)c(F)c1. The van der Waals surface area contributed by atoms with Crippen LogP contribution in [0.4, 0.5) is 10.1 Å². The summed E-state index contributed by atoms with van der Waals surface area (Å²) in [5, 5.41) is 7.60. The van der Waals surface area contributed by atoms with Gasteiger partial charge in [0.25, 0.3) is 0 Å². The molecular formula is C22H21ClFN5O2S. The van der Waals surface area contributed by atoms with Crippen molar-refractivity contribution in [2.75, 3.05) is 31.1 Å². The number of hydrogen-bond acceptors (Lipinski definition) is 5. The van der Waals surface area contributed by atoms with Gasteiger partial charge >= 0.3 is 0 Å². The molecule has 0 aliphatic carbocycles. The highest BCUT2D eigenvalue weighted by atomic mass is 35.5. The predicted molar refractivity (Wildman–Crippen MR) is 123 cm³/mol. The van der Waals surface area contributed by atoms with Crippen molar-refractivity contribution in [2.24, 2.45) is 0 Å². The van der Waals surface area contributed by atoms with Crippen molar-refractivity contribution in [3.63, 3.8) is 0 Å². The van der Waals surface area contributed by atoms with E-state index < -0.39 is 5.82 Å². The number of carbonyl (C=O) groups excluding carboxylic acids is 2. The molecule has 32 heavy (non-hydrogen) atoms. The molecule has 1 amide bonds. The lowest BCUT2D eigenvalue weighted by Crippen LogP contribution is -2.49. The molecule has 0 unspecified atom stereocenters. The van der Waals surface area contributed by atoms with Crippen molar-refractivity contribution in [1.29, 1.82) is 0 Å². The number of rotatable bonds is 5. The Balaban J connectivity index is 1.43. The lowest BCUT2D eigenvalue weighted by Gasteiger charge is -2.36. The minimum atomic E-state index is -0.435. The van der Waals surface area contributed by atoms with Crippen LogP contribution >= 0.6 is 23.8 Å². The van der Waals surface area contributed by atoms with Gasteiger partial charge in [-0.15, -0.1) is 0 Å². The molecule has 1 aliphatic rings. The summed E-state index contributed by atoms with van der Waals surface area (Å²) in [6.45, 7) is 3.34. The van der Waals surface area contributed by atoms with Crippen molar-refractivity contribution in [3.05, 3.63) is 63.6 Å². The standard InChI is InChI=1S/C22H21ClFN5O2S/c1-14(30)16-4-7-19(18(24)12-16)27-8-10-28(11-9-27)20(31)13-29-21(25-26-22(29)32)15-2-5-17(23)6-3-15/h2-7,12H,8-11,13H2,1H3,(H,26,32). The van der Waals surface area contributed by atoms with Crippen LogP contribution in [0.1, 0.15) is 17.3 Å². The molecule has 4 rings (SSSR count). The summed E-state index contributed by atoms with van der Waals surface area (Å²) >= 11 is 11.3. The number of anilines is 1. The number of aromatic nitrogens is 3. The Morgan fingerprint density at radius 2 is 1.81 bits per heavy atom. The first kappa shape index (κ1) is 22.2. The number of benzene rings is 2. The van der Waals surface area contributed by atoms with Crippen LogP contribution in [0.2, 0.25) is 5.02 Å². The maximum absolute atomic E-state index is 14.5. The molecule has 3 aromatic rings. The average Bonchev–Trinajstić information content (AvgIpc) is 3.14. The van der Waals surface area contributed by atoms with E-state index in [4.69, 9.17) is 23.8 Å². The van der Waals surface area contributed by atoms with Gasteiger partial charge in [-0.25, -0.2) is 4.39 Å². The average molecular weight is 474 g/mol. The Hall–Kier alpha value is -3.04. The van der Waals surface area contributed by atoms with Crippen LogP contribution in [-0.2, 0) is 11.3 Å². The van der Waals surface area contributed by atoms with Gasteiger partial charge in [0, 0.05) is 42.3 Å². The first-order valence-electron chi connectivity index (χ1n) is 10.1. The van der Waals surface area contributed by atoms with Gasteiger partial charge in [-0.1, -0.05) is 11.6 Å². The normalized spacial score (nSPS) is 14.0. The van der Waals surface area contributed by atoms with Crippen molar-refractivity contribution in [1.82, 2.24) is 19.7 Å². The highest BCUT2D eigenvalue weighted by Gasteiger charge is 2.24. The fourth-order valence-corrected chi connectivity index (χ4v) is 4.02. The molecule has 0 bridgehead atoms. The van der Waals surface area contributed by atoms with Crippen LogP contribution in [0, 0.1) is 10.6 Å². The highest BCUT2D eigenvalue weighted by Crippen LogP contribution is 2.23. The van der Waals surface area contributed by atoms with Crippen LogP contribution < -0.4 is 4.90 Å². The summed E-state index contributed by atoms with van der Waals surface area (Å²) < 4.78 is 16.5. The summed E-state index contributed by atoms with van der Waals surface area (Å²) in [6, 6.07) is 11.6. The van der Waals surface area contributed by atoms with E-state index in [-0.39, 0.29) is 18.2 Å². The quantitative estimate of drug-likeness (QED) is 0.448. The molecule has 0 radical (unpaired) electrons. The van der Waals surface area contributed by atoms with Gasteiger partial charge in [0.1, 0.15) is 12.4 Å². The zero-order valence-electron chi connectivity index (χ0n) is 17.3. The third-order valence-electron chi connectivity index (χ3n) is 5.48. The molecule has 1 fully saturated rings. The number of nitrogens with one attached hydrogen (secondary N) is 1. The number of Topliss-reactive ketones (excluding diaryl/α,β-unsaturated/α-hetero) is 1. The Bertz CT molecular complexity index is 1220. The summed E-state index contributed by atoms with van der Waals surface area (Å²) in [7, 11) is 0. The molecule has 1 aromatic heterocycles. The van der Waals surface area contributed by atoms with E-state index in [1.165, 1.54) is 13.0 Å². The van der Waals surface area contributed by atoms with E-state index in [1.54, 1.807) is 33.7 Å². The Morgan fingerprint density at radius 3 is 2.44 bits per heavy atom. The van der Waals surface area contributed by atoms with Gasteiger partial charge in [0.2, 0.25) is 5.91 Å². The maximum Gasteiger partial charge on any atom is 0.242 e. The minimum Gasteiger partial charge on any atom is -0.366 e. The van der Waals surface area contributed by atoms with E-state index in [1.807, 2.05) is 17.0 Å². The molecule has 0 spiro atoms. The van der Waals surface area contributed by atoms with Gasteiger partial charge in [0.05, 0.1) is 5.69 Å². The second-order valence-corrected chi connectivity index (χ2v) is 8.36. The minimum absolute atomic E-state index is 0.0506. The zero-order valence-corrected chi connectivity index (χ0v) is 18.9. The molecule has 166 valence electrons. The molecule has 7 nitrogen and oxygen atoms in total. The molecule has 0 atom stereocenters. The number of ketones is 1. The van der Waals surface area contributed by atoms with E-state index in [0.717, 1.165) is 5.56 Å². The molecular weight excluding hydrogens is 453 g/mol. The molecule has 1 saturated heterocycles. The lowest BCUT2D eigenvalue weighted by molar-refractivity contribution is -0.132. The number of amides is 1. The number of halogens is 2. The molecule has 1 aliphatic heterocycles. The molecule has 10 heteroatoms. The molecule has 1 N–H and O–H groups in total. The Morgan fingerprint density at radius 1 is 1.12 bits per heavy atom. The maximum atomic E-state index is 14.5. The van der Waals surface area contributed by atoms with Crippen LogP contribution in [0.3, 0.4) is 0 Å². The van der Waals surface area contributed by atoms with Gasteiger partial charge < -0.3 is 9.80 Å². The van der Waals surface area contributed by atoms with Gasteiger partial charge in [-0.05, 0) is 61.6 Å². The van der Waals surface area contributed by atoms with Crippen LogP contribution in [0.15, 0.2) is 42.5 Å². The second kappa shape index (κ2) is 9.22. The fourth-order valence-electron chi connectivity index (χ4n) is 3.70. The summed E-state index contributed by atoms with van der Waals surface area (Å²) in [6.07, 6.45) is 0. The van der Waals surface area contributed by atoms with Crippen LogP contribution in [0.25, 0.3) is 11.4 Å². The largest absolute Gasteiger partial charge is 0.366 e. The highest BCUT2D eigenvalue weighted by molar-refractivity contribution is 7.71. The molecule has 2 aromatic carbocycles. The fraction of sp³-hybridized carbons (Fsp3) is 0.273. The number of aromatic amines is 1. The third kappa shape index (κ3) is 4.58. The number of hydrogen-bond donors (Lipinski definition) is 1. The van der Waals surface area contributed by atoms with Crippen LogP contribution in [-0.4, -0.2) is 57.5 Å². The van der Waals surface area contributed by atoms with E-state index >= 15 is 0 Å². The first-order chi connectivity index (χ1) is 15.3. The number of carbonyl (C=O) groups is 2. The number of nitrogens with zero attached hydrogens (tertiary/aromatic N) is 4. The smallest absolute Gasteiger partial charge is 0.242 e. The number of H-pyrrole nitrogens is 1. The second-order valence-electron chi connectivity index (χ2n) is 7.54. The third-order valence-corrected chi connectivity index (χ3v) is 6.04. The van der Waals surface area contributed by atoms with Crippen molar-refractivity contribution < 1.29 is 14.0 Å². The van der Waals surface area contributed by atoms with Gasteiger partial charge in [-0.3, -0.25) is 19.3 Å². The first-order valence-corrected chi connectivity index (χ1v) is 10.9. The summed E-state index contributed by atoms with van der Waals surface area (Å²) in [5.41, 5.74) is 1.57. The van der Waals surface area contributed by atoms with E-state index in [9.17, 15) is 14.0 Å². The van der Waals surface area contributed by atoms with Gasteiger partial charge in [0.15, 0.2) is 16.4 Å².